The summed E-state index contributed by atoms with van der Waals surface area (Å²) >= 11 is 6.56. The van der Waals surface area contributed by atoms with Gasteiger partial charge >= 0.3 is 0 Å². The molecular weight excluding hydrogens is 451 g/mol. The minimum absolute atomic E-state index is 0.00247. The number of nitrogens with one attached hydrogen (secondary N) is 2. The van der Waals surface area contributed by atoms with Crippen LogP contribution < -0.4 is 10.6 Å². The van der Waals surface area contributed by atoms with E-state index in [9.17, 15) is 10.5 Å². The summed E-state index contributed by atoms with van der Waals surface area (Å²) in [5.74, 6) is -0.466. The van der Waals surface area contributed by atoms with Crippen LogP contribution in [0, 0.1) is 28.1 Å². The number of nitriles is 2. The lowest BCUT2D eigenvalue weighted by molar-refractivity contribution is 0.298. The van der Waals surface area contributed by atoms with Crippen LogP contribution in [0.25, 0.3) is 10.9 Å². The summed E-state index contributed by atoms with van der Waals surface area (Å²) in [5, 5.41) is 26.9. The van der Waals surface area contributed by atoms with E-state index in [0.717, 1.165) is 18.2 Å². The van der Waals surface area contributed by atoms with Gasteiger partial charge in [-0.25, -0.2) is 4.39 Å². The second-order valence-corrected chi connectivity index (χ2v) is 10.5. The lowest BCUT2D eigenvalue weighted by Crippen LogP contribution is -2.37. The van der Waals surface area contributed by atoms with E-state index < -0.39 is 5.83 Å². The number of halogens is 2. The molecule has 4 rings (SSSR count). The Morgan fingerprint density at radius 1 is 1.21 bits per heavy atom. The molecule has 0 spiro atoms. The fraction of sp³-hybridized carbons (Fsp3) is 0.423. The monoisotopic (exact) mass is 478 g/mol. The predicted octanol–water partition coefficient (Wildman–Crippen LogP) is 6.13. The zero-order valence-corrected chi connectivity index (χ0v) is 20.6. The van der Waals surface area contributed by atoms with E-state index in [0.29, 0.717) is 45.6 Å². The van der Waals surface area contributed by atoms with Gasteiger partial charge in [-0.2, -0.15) is 10.5 Å². The van der Waals surface area contributed by atoms with Gasteiger partial charge in [0.1, 0.15) is 23.5 Å². The van der Waals surface area contributed by atoms with Gasteiger partial charge in [0.2, 0.25) is 0 Å². The molecule has 1 aromatic carbocycles. The maximum atomic E-state index is 15.1. The zero-order chi connectivity index (χ0) is 24.6. The third-order valence-corrected chi connectivity index (χ3v) is 6.45. The van der Waals surface area contributed by atoms with Crippen molar-refractivity contribution < 1.29 is 4.39 Å². The maximum Gasteiger partial charge on any atom is 0.145 e. The third-order valence-electron chi connectivity index (χ3n) is 6.16. The van der Waals surface area contributed by atoms with Gasteiger partial charge in [0.15, 0.2) is 0 Å². The van der Waals surface area contributed by atoms with Crippen molar-refractivity contribution in [2.75, 3.05) is 23.7 Å². The second-order valence-electron chi connectivity index (χ2n) is 10.1. The molecule has 0 bridgehead atoms. The molecule has 2 heterocycles. The Bertz CT molecular complexity index is 1270. The lowest BCUT2D eigenvalue weighted by atomic mass is 9.96. The van der Waals surface area contributed by atoms with Gasteiger partial charge in [0.25, 0.3) is 0 Å². The topological polar surface area (TPSA) is 87.8 Å². The highest BCUT2D eigenvalue weighted by atomic mass is 35.5. The fourth-order valence-electron chi connectivity index (χ4n) is 4.14. The van der Waals surface area contributed by atoms with E-state index in [4.69, 9.17) is 11.6 Å². The molecule has 1 aromatic heterocycles. The number of hydrogen-bond donors (Lipinski definition) is 2. The molecule has 1 saturated carbocycles. The number of hydrogen-bond acceptors (Lipinski definition) is 6. The molecule has 0 amide bonds. The molecule has 2 aromatic rings. The normalized spacial score (nSPS) is 18.4. The summed E-state index contributed by atoms with van der Waals surface area (Å²) < 4.78 is 15.1. The first-order chi connectivity index (χ1) is 16.1. The number of fused-ring (bicyclic) bond motifs is 1. The van der Waals surface area contributed by atoms with Crippen LogP contribution in [0.1, 0.15) is 46.1 Å². The van der Waals surface area contributed by atoms with Crippen LogP contribution in [-0.4, -0.2) is 35.1 Å². The van der Waals surface area contributed by atoms with Gasteiger partial charge in [0.05, 0.1) is 27.8 Å². The van der Waals surface area contributed by atoms with Crippen molar-refractivity contribution in [3.8, 4) is 12.1 Å². The van der Waals surface area contributed by atoms with Gasteiger partial charge in [0, 0.05) is 48.2 Å². The Morgan fingerprint density at radius 2 is 1.94 bits per heavy atom. The van der Waals surface area contributed by atoms with Gasteiger partial charge in [-0.1, -0.05) is 32.4 Å². The van der Waals surface area contributed by atoms with Crippen molar-refractivity contribution >= 4 is 33.9 Å². The number of nitrogens with zero attached hydrogens (tertiary/aromatic N) is 4. The van der Waals surface area contributed by atoms with E-state index >= 15 is 4.39 Å². The quantitative estimate of drug-likeness (QED) is 0.519. The van der Waals surface area contributed by atoms with Gasteiger partial charge < -0.3 is 15.5 Å². The molecule has 0 unspecified atom stereocenters. The second kappa shape index (κ2) is 9.16. The van der Waals surface area contributed by atoms with Crippen LogP contribution in [-0.2, 0) is 0 Å². The summed E-state index contributed by atoms with van der Waals surface area (Å²) in [6.07, 6.45) is 5.29. The van der Waals surface area contributed by atoms with Crippen LogP contribution in [0.4, 0.5) is 15.8 Å². The minimum Gasteiger partial charge on any atom is -0.383 e. The molecule has 176 valence electrons. The molecule has 34 heavy (non-hydrogen) atoms. The summed E-state index contributed by atoms with van der Waals surface area (Å²) in [5.41, 5.74) is 3.00. The van der Waals surface area contributed by atoms with Gasteiger partial charge in [-0.15, -0.1) is 0 Å². The molecule has 2 N–H and O–H groups in total. The van der Waals surface area contributed by atoms with Crippen molar-refractivity contribution in [3.63, 3.8) is 0 Å². The van der Waals surface area contributed by atoms with Gasteiger partial charge in [-0.3, -0.25) is 4.98 Å². The average Bonchev–Trinajstić information content (AvgIpc) is 3.62. The smallest absolute Gasteiger partial charge is 0.145 e. The van der Waals surface area contributed by atoms with E-state index in [-0.39, 0.29) is 23.6 Å². The van der Waals surface area contributed by atoms with Crippen LogP contribution in [0.15, 0.2) is 41.5 Å². The highest BCUT2D eigenvalue weighted by molar-refractivity contribution is 6.35. The summed E-state index contributed by atoms with van der Waals surface area (Å²) in [6, 6.07) is 8.04. The molecule has 6 nitrogen and oxygen atoms in total. The highest BCUT2D eigenvalue weighted by Gasteiger charge is 2.36. The molecule has 0 saturated heterocycles. The first-order valence-corrected chi connectivity index (χ1v) is 11.8. The molecule has 0 radical (unpaired) electrons. The Labute approximate surface area is 204 Å². The lowest BCUT2D eigenvalue weighted by Gasteiger charge is -2.34. The van der Waals surface area contributed by atoms with E-state index in [1.165, 1.54) is 6.20 Å². The largest absolute Gasteiger partial charge is 0.383 e. The highest BCUT2D eigenvalue weighted by Crippen LogP contribution is 2.38. The summed E-state index contributed by atoms with van der Waals surface area (Å²) in [7, 11) is 0. The van der Waals surface area contributed by atoms with Crippen LogP contribution >= 0.6 is 11.6 Å². The molecule has 1 aliphatic carbocycles. The Morgan fingerprint density at radius 3 is 2.56 bits per heavy atom. The molecule has 8 heteroatoms. The minimum atomic E-state index is -0.466. The average molecular weight is 479 g/mol. The van der Waals surface area contributed by atoms with Crippen molar-refractivity contribution in [1.82, 2.24) is 9.88 Å². The van der Waals surface area contributed by atoms with E-state index in [2.05, 4.69) is 47.4 Å². The fourth-order valence-corrected chi connectivity index (χ4v) is 4.41. The standard InChI is InChI=1S/C26H28ClFN6/c1-15-21(23(28)17(10-30)13-34(15)19-5-6-19)12-31-18-7-20-24(33-14-26(2,3)4)16(9-29)11-32-25(20)22(27)8-18/h7-8,11,13,15,19,31H,5-6,12,14H2,1-4H3,(H,32,33)/t15-/m0/s1. The molecule has 1 fully saturated rings. The maximum absolute atomic E-state index is 15.1. The molecule has 2 aliphatic rings. The summed E-state index contributed by atoms with van der Waals surface area (Å²) in [4.78, 5) is 6.47. The third kappa shape index (κ3) is 4.81. The van der Waals surface area contributed by atoms with E-state index in [1.54, 1.807) is 12.3 Å². The first-order valence-electron chi connectivity index (χ1n) is 11.4. The molecular formula is C26H28ClFN6. The Balaban J connectivity index is 1.67. The van der Waals surface area contributed by atoms with Crippen molar-refractivity contribution in [2.45, 2.75) is 52.6 Å². The molecule has 1 atom stereocenters. The van der Waals surface area contributed by atoms with Crippen molar-refractivity contribution in [1.29, 1.82) is 10.5 Å². The van der Waals surface area contributed by atoms with Crippen LogP contribution in [0.2, 0.25) is 5.02 Å². The SMILES string of the molecule is C[C@H]1C(CNc2cc(Cl)c3ncc(C#N)c(NCC(C)(C)C)c3c2)=C(F)C(C#N)=CN1C1CC1. The number of aromatic nitrogens is 1. The van der Waals surface area contributed by atoms with E-state index in [1.807, 2.05) is 19.1 Å². The van der Waals surface area contributed by atoms with Crippen molar-refractivity contribution in [3.05, 3.63) is 52.1 Å². The first kappa shape index (κ1) is 23.9. The number of allylic oxidation sites excluding steroid dienone is 2. The summed E-state index contributed by atoms with van der Waals surface area (Å²) in [6.45, 7) is 9.18. The Kier molecular flexibility index (Phi) is 6.43. The number of anilines is 2. The predicted molar refractivity (Wildman–Crippen MR) is 134 cm³/mol. The molecule has 1 aliphatic heterocycles. The number of benzene rings is 1. The van der Waals surface area contributed by atoms with Crippen molar-refractivity contribution in [2.24, 2.45) is 5.41 Å². The zero-order valence-electron chi connectivity index (χ0n) is 19.8. The number of pyridine rings is 1. The van der Waals surface area contributed by atoms with Crippen LogP contribution in [0.3, 0.4) is 0 Å². The van der Waals surface area contributed by atoms with Crippen LogP contribution in [0.5, 0.6) is 0 Å². The Hall–Kier alpha value is -3.29. The number of rotatable bonds is 6. The van der Waals surface area contributed by atoms with Gasteiger partial charge in [-0.05, 0) is 37.3 Å².